The van der Waals surface area contributed by atoms with E-state index >= 15 is 0 Å². The van der Waals surface area contributed by atoms with Gasteiger partial charge in [-0.25, -0.2) is 12.8 Å². The topological polar surface area (TPSA) is 75.7 Å². The van der Waals surface area contributed by atoms with E-state index in [-0.39, 0.29) is 11.5 Å². The van der Waals surface area contributed by atoms with Crippen LogP contribution in [-0.2, 0) is 14.8 Å². The lowest BCUT2D eigenvalue weighted by atomic mass is 10.3. The highest BCUT2D eigenvalue weighted by Crippen LogP contribution is 2.25. The summed E-state index contributed by atoms with van der Waals surface area (Å²) < 4.78 is 45.0. The van der Waals surface area contributed by atoms with Crippen molar-refractivity contribution in [2.45, 2.75) is 18.7 Å². The largest absolute Gasteiger partial charge is 0.483 e. The SMILES string of the molecule is CCN(CC)S(=O)(=O)c1ccc(NC(=O)COc2ccc(F)cc2Br)cc1. The van der Waals surface area contributed by atoms with Crippen molar-refractivity contribution >= 4 is 37.5 Å². The number of sulfonamides is 1. The number of halogens is 2. The van der Waals surface area contributed by atoms with E-state index in [1.807, 2.05) is 0 Å². The summed E-state index contributed by atoms with van der Waals surface area (Å²) in [7, 11) is -3.54. The first-order chi connectivity index (χ1) is 12.8. The van der Waals surface area contributed by atoms with Gasteiger partial charge in [0.05, 0.1) is 9.37 Å². The summed E-state index contributed by atoms with van der Waals surface area (Å²) in [6.07, 6.45) is 0. The molecule has 1 amide bonds. The van der Waals surface area contributed by atoms with Crippen LogP contribution in [0.1, 0.15) is 13.8 Å². The van der Waals surface area contributed by atoms with E-state index in [1.165, 1.54) is 46.8 Å². The fraction of sp³-hybridized carbons (Fsp3) is 0.278. The molecule has 0 bridgehead atoms. The van der Waals surface area contributed by atoms with Crippen LogP contribution < -0.4 is 10.1 Å². The van der Waals surface area contributed by atoms with Crippen LogP contribution in [0.5, 0.6) is 5.75 Å². The van der Waals surface area contributed by atoms with Gasteiger partial charge in [-0.3, -0.25) is 4.79 Å². The molecule has 146 valence electrons. The first-order valence-electron chi connectivity index (χ1n) is 8.25. The second-order valence-electron chi connectivity index (χ2n) is 5.53. The molecule has 0 heterocycles. The van der Waals surface area contributed by atoms with Crippen molar-refractivity contribution in [1.82, 2.24) is 4.31 Å². The Kier molecular flexibility index (Phi) is 7.34. The summed E-state index contributed by atoms with van der Waals surface area (Å²) in [5.41, 5.74) is 0.445. The van der Waals surface area contributed by atoms with Crippen molar-refractivity contribution in [3.8, 4) is 5.75 Å². The first kappa shape index (κ1) is 21.3. The lowest BCUT2D eigenvalue weighted by molar-refractivity contribution is -0.118. The lowest BCUT2D eigenvalue weighted by Crippen LogP contribution is -2.30. The molecule has 2 aromatic carbocycles. The number of nitrogens with zero attached hydrogens (tertiary/aromatic N) is 1. The maximum Gasteiger partial charge on any atom is 0.262 e. The minimum atomic E-state index is -3.54. The Bertz CT molecular complexity index is 900. The highest BCUT2D eigenvalue weighted by Gasteiger charge is 2.21. The van der Waals surface area contributed by atoms with Crippen molar-refractivity contribution in [2.24, 2.45) is 0 Å². The molecule has 0 unspecified atom stereocenters. The van der Waals surface area contributed by atoms with Crippen molar-refractivity contribution in [3.63, 3.8) is 0 Å². The van der Waals surface area contributed by atoms with Crippen LogP contribution in [0.4, 0.5) is 10.1 Å². The van der Waals surface area contributed by atoms with Crippen LogP contribution in [0.25, 0.3) is 0 Å². The molecule has 0 saturated carbocycles. The molecule has 6 nitrogen and oxygen atoms in total. The fourth-order valence-electron chi connectivity index (χ4n) is 2.36. The van der Waals surface area contributed by atoms with Crippen molar-refractivity contribution in [3.05, 3.63) is 52.8 Å². The molecule has 9 heteroatoms. The van der Waals surface area contributed by atoms with Gasteiger partial charge < -0.3 is 10.1 Å². The van der Waals surface area contributed by atoms with Crippen LogP contribution in [0, 0.1) is 5.82 Å². The minimum Gasteiger partial charge on any atom is -0.483 e. The molecular weight excluding hydrogens is 439 g/mol. The Morgan fingerprint density at radius 2 is 1.78 bits per heavy atom. The fourth-order valence-corrected chi connectivity index (χ4v) is 4.28. The predicted octanol–water partition coefficient (Wildman–Crippen LogP) is 3.64. The smallest absolute Gasteiger partial charge is 0.262 e. The summed E-state index contributed by atoms with van der Waals surface area (Å²) in [6.45, 7) is 4.04. The number of carbonyl (C=O) groups is 1. The third kappa shape index (κ3) is 5.50. The number of benzene rings is 2. The van der Waals surface area contributed by atoms with Gasteiger partial charge in [0.2, 0.25) is 10.0 Å². The number of amides is 1. The average molecular weight is 459 g/mol. The molecule has 0 aromatic heterocycles. The maximum atomic E-state index is 13.0. The Morgan fingerprint density at radius 1 is 1.15 bits per heavy atom. The van der Waals surface area contributed by atoms with Crippen molar-refractivity contribution in [1.29, 1.82) is 0 Å². The Hall–Kier alpha value is -1.97. The maximum absolute atomic E-state index is 13.0. The summed E-state index contributed by atoms with van der Waals surface area (Å²) in [5.74, 6) is -0.504. The molecule has 0 saturated heterocycles. The molecule has 0 aliphatic heterocycles. The number of hydrogen-bond donors (Lipinski definition) is 1. The Balaban J connectivity index is 1.98. The van der Waals surface area contributed by atoms with Gasteiger partial charge in [-0.1, -0.05) is 13.8 Å². The van der Waals surface area contributed by atoms with Crippen molar-refractivity contribution in [2.75, 3.05) is 25.0 Å². The van der Waals surface area contributed by atoms with Gasteiger partial charge in [0.15, 0.2) is 6.61 Å². The van der Waals surface area contributed by atoms with Crippen molar-refractivity contribution < 1.29 is 22.3 Å². The van der Waals surface area contributed by atoms with Gasteiger partial charge in [0, 0.05) is 18.8 Å². The molecule has 0 radical (unpaired) electrons. The number of ether oxygens (including phenoxy) is 1. The highest BCUT2D eigenvalue weighted by atomic mass is 79.9. The molecule has 0 fully saturated rings. The van der Waals surface area contributed by atoms with Crippen LogP contribution in [-0.4, -0.2) is 38.3 Å². The van der Waals surface area contributed by atoms with E-state index in [9.17, 15) is 17.6 Å². The van der Waals surface area contributed by atoms with Gasteiger partial charge >= 0.3 is 0 Å². The summed E-state index contributed by atoms with van der Waals surface area (Å²) in [6, 6.07) is 9.81. The van der Waals surface area contributed by atoms with Crippen LogP contribution >= 0.6 is 15.9 Å². The van der Waals surface area contributed by atoms with E-state index in [4.69, 9.17) is 4.74 Å². The zero-order valence-electron chi connectivity index (χ0n) is 14.9. The third-order valence-corrected chi connectivity index (χ3v) is 6.42. The second kappa shape index (κ2) is 9.29. The number of hydrogen-bond acceptors (Lipinski definition) is 4. The number of anilines is 1. The van der Waals surface area contributed by atoms with E-state index < -0.39 is 21.7 Å². The number of nitrogens with one attached hydrogen (secondary N) is 1. The first-order valence-corrected chi connectivity index (χ1v) is 10.5. The lowest BCUT2D eigenvalue weighted by Gasteiger charge is -2.18. The molecule has 1 N–H and O–H groups in total. The zero-order chi connectivity index (χ0) is 20.0. The molecule has 0 spiro atoms. The summed E-state index contributed by atoms with van der Waals surface area (Å²) >= 11 is 3.16. The van der Waals surface area contributed by atoms with E-state index in [0.29, 0.717) is 29.0 Å². The normalized spacial score (nSPS) is 11.4. The Labute approximate surface area is 166 Å². The standard InChI is InChI=1S/C18H20BrFN2O4S/c1-3-22(4-2)27(24,25)15-8-6-14(7-9-15)21-18(23)12-26-17-10-5-13(20)11-16(17)19/h5-11H,3-4,12H2,1-2H3,(H,21,23). The minimum absolute atomic E-state index is 0.163. The van der Waals surface area contributed by atoms with Crippen LogP contribution in [0.3, 0.4) is 0 Å². The van der Waals surface area contributed by atoms with Crippen LogP contribution in [0.15, 0.2) is 51.8 Å². The van der Waals surface area contributed by atoms with Crippen LogP contribution in [0.2, 0.25) is 0 Å². The summed E-state index contributed by atoms with van der Waals surface area (Å²) in [4.78, 5) is 12.2. The molecule has 0 aliphatic carbocycles. The quantitative estimate of drug-likeness (QED) is 0.654. The van der Waals surface area contributed by atoms with Gasteiger partial charge in [-0.2, -0.15) is 4.31 Å². The second-order valence-corrected chi connectivity index (χ2v) is 8.32. The molecule has 2 aromatic rings. The molecular formula is C18H20BrFN2O4S. The number of rotatable bonds is 8. The van der Waals surface area contributed by atoms with E-state index in [2.05, 4.69) is 21.2 Å². The average Bonchev–Trinajstić information content (AvgIpc) is 2.62. The zero-order valence-corrected chi connectivity index (χ0v) is 17.3. The van der Waals surface area contributed by atoms with Gasteiger partial charge in [0.1, 0.15) is 11.6 Å². The molecule has 0 atom stereocenters. The predicted molar refractivity (Wildman–Crippen MR) is 105 cm³/mol. The number of carbonyl (C=O) groups excluding carboxylic acids is 1. The highest BCUT2D eigenvalue weighted by molar-refractivity contribution is 9.10. The van der Waals surface area contributed by atoms with Gasteiger partial charge in [0.25, 0.3) is 5.91 Å². The molecule has 27 heavy (non-hydrogen) atoms. The van der Waals surface area contributed by atoms with E-state index in [0.717, 1.165) is 0 Å². The molecule has 0 aliphatic rings. The molecule has 2 rings (SSSR count). The third-order valence-electron chi connectivity index (χ3n) is 3.73. The monoisotopic (exact) mass is 458 g/mol. The van der Waals surface area contributed by atoms with Gasteiger partial charge in [-0.05, 0) is 58.4 Å². The van der Waals surface area contributed by atoms with Gasteiger partial charge in [-0.15, -0.1) is 0 Å². The Morgan fingerprint density at radius 3 is 2.33 bits per heavy atom. The summed E-state index contributed by atoms with van der Waals surface area (Å²) in [5, 5.41) is 2.62. The van der Waals surface area contributed by atoms with E-state index in [1.54, 1.807) is 13.8 Å².